The summed E-state index contributed by atoms with van der Waals surface area (Å²) < 4.78 is 33.2. The summed E-state index contributed by atoms with van der Waals surface area (Å²) in [6.07, 6.45) is 0. The van der Waals surface area contributed by atoms with Crippen molar-refractivity contribution in [1.29, 1.82) is 0 Å². The topological polar surface area (TPSA) is 75.7 Å². The molecule has 0 bridgehead atoms. The number of hydrogen-bond acceptors (Lipinski definition) is 4. The fourth-order valence-corrected chi connectivity index (χ4v) is 4.87. The van der Waals surface area contributed by atoms with Crippen molar-refractivity contribution in [2.45, 2.75) is 25.7 Å². The van der Waals surface area contributed by atoms with Gasteiger partial charge >= 0.3 is 0 Å². The van der Waals surface area contributed by atoms with Gasteiger partial charge in [-0.15, -0.1) is 0 Å². The highest BCUT2D eigenvalue weighted by Crippen LogP contribution is 2.26. The molecule has 162 valence electrons. The van der Waals surface area contributed by atoms with Gasteiger partial charge < -0.3 is 10.1 Å². The number of ether oxygens (including phenoxy) is 1. The molecule has 0 heterocycles. The molecular weight excluding hydrogens is 412 g/mol. The number of benzene rings is 3. The molecule has 0 atom stereocenters. The molecule has 6 nitrogen and oxygen atoms in total. The molecule has 0 fully saturated rings. The highest BCUT2D eigenvalue weighted by atomic mass is 32.2. The SMILES string of the molecule is COc1ccc(N(CC(=O)Nc2cc(C)cc(C)c2)S(=O)(=O)c2cccc(C)c2)cc1. The fourth-order valence-electron chi connectivity index (χ4n) is 3.34. The van der Waals surface area contributed by atoms with Gasteiger partial charge in [0.15, 0.2) is 0 Å². The molecule has 0 aliphatic rings. The largest absolute Gasteiger partial charge is 0.497 e. The second kappa shape index (κ2) is 9.22. The molecule has 1 N–H and O–H groups in total. The van der Waals surface area contributed by atoms with E-state index < -0.39 is 15.9 Å². The second-order valence-corrected chi connectivity index (χ2v) is 9.31. The highest BCUT2D eigenvalue weighted by Gasteiger charge is 2.27. The zero-order valence-corrected chi connectivity index (χ0v) is 18.9. The van der Waals surface area contributed by atoms with Crippen molar-refractivity contribution in [2.24, 2.45) is 0 Å². The van der Waals surface area contributed by atoms with Gasteiger partial charge in [0.05, 0.1) is 17.7 Å². The third-order valence-electron chi connectivity index (χ3n) is 4.73. The van der Waals surface area contributed by atoms with E-state index in [2.05, 4.69) is 5.32 Å². The molecule has 0 saturated heterocycles. The Balaban J connectivity index is 1.96. The first kappa shape index (κ1) is 22.4. The Bertz CT molecular complexity index is 1170. The zero-order chi connectivity index (χ0) is 22.6. The number of carbonyl (C=O) groups is 1. The van der Waals surface area contributed by atoms with Crippen LogP contribution in [0.1, 0.15) is 16.7 Å². The average molecular weight is 439 g/mol. The number of anilines is 2. The first-order chi connectivity index (χ1) is 14.7. The van der Waals surface area contributed by atoms with Gasteiger partial charge in [0.25, 0.3) is 10.0 Å². The van der Waals surface area contributed by atoms with E-state index in [-0.39, 0.29) is 11.4 Å². The lowest BCUT2D eigenvalue weighted by molar-refractivity contribution is -0.114. The smallest absolute Gasteiger partial charge is 0.264 e. The van der Waals surface area contributed by atoms with Crippen LogP contribution in [0.25, 0.3) is 0 Å². The van der Waals surface area contributed by atoms with Gasteiger partial charge in [-0.05, 0) is 86.0 Å². The molecule has 0 saturated carbocycles. The highest BCUT2D eigenvalue weighted by molar-refractivity contribution is 7.92. The van der Waals surface area contributed by atoms with Crippen LogP contribution in [0.2, 0.25) is 0 Å². The average Bonchev–Trinajstić information content (AvgIpc) is 2.71. The summed E-state index contributed by atoms with van der Waals surface area (Å²) in [5.74, 6) is 0.161. The van der Waals surface area contributed by atoms with Crippen LogP contribution in [0, 0.1) is 20.8 Å². The number of nitrogens with zero attached hydrogens (tertiary/aromatic N) is 1. The number of amides is 1. The van der Waals surface area contributed by atoms with Gasteiger partial charge in [-0.3, -0.25) is 9.10 Å². The minimum absolute atomic E-state index is 0.127. The summed E-state index contributed by atoms with van der Waals surface area (Å²) in [5, 5.41) is 2.81. The Morgan fingerprint density at radius 2 is 1.55 bits per heavy atom. The molecule has 3 aromatic rings. The summed E-state index contributed by atoms with van der Waals surface area (Å²) >= 11 is 0. The number of aryl methyl sites for hydroxylation is 3. The number of rotatable bonds is 7. The van der Waals surface area contributed by atoms with Gasteiger partial charge in [-0.25, -0.2) is 8.42 Å². The first-order valence-electron chi connectivity index (χ1n) is 9.80. The maximum atomic E-state index is 13.5. The van der Waals surface area contributed by atoms with Gasteiger partial charge in [0.1, 0.15) is 12.3 Å². The lowest BCUT2D eigenvalue weighted by Crippen LogP contribution is -2.38. The predicted octanol–water partition coefficient (Wildman–Crippen LogP) is 4.45. The molecule has 3 aromatic carbocycles. The lowest BCUT2D eigenvalue weighted by Gasteiger charge is -2.24. The van der Waals surface area contributed by atoms with E-state index in [1.807, 2.05) is 45.0 Å². The van der Waals surface area contributed by atoms with Gasteiger partial charge in [0.2, 0.25) is 5.91 Å². The third kappa shape index (κ3) is 5.44. The van der Waals surface area contributed by atoms with Gasteiger partial charge in [-0.1, -0.05) is 18.2 Å². The molecule has 7 heteroatoms. The molecule has 0 unspecified atom stereocenters. The van der Waals surface area contributed by atoms with E-state index in [1.165, 1.54) is 13.2 Å². The molecule has 31 heavy (non-hydrogen) atoms. The number of methoxy groups -OCH3 is 1. The Kier molecular flexibility index (Phi) is 6.65. The van der Waals surface area contributed by atoms with Crippen molar-refractivity contribution in [3.63, 3.8) is 0 Å². The van der Waals surface area contributed by atoms with Crippen molar-refractivity contribution in [2.75, 3.05) is 23.3 Å². The quantitative estimate of drug-likeness (QED) is 0.591. The van der Waals surface area contributed by atoms with Crippen molar-refractivity contribution >= 4 is 27.3 Å². The summed E-state index contributed by atoms with van der Waals surface area (Å²) in [6.45, 7) is 5.34. The van der Waals surface area contributed by atoms with Gasteiger partial charge in [0, 0.05) is 5.69 Å². The molecule has 0 aliphatic heterocycles. The van der Waals surface area contributed by atoms with Crippen molar-refractivity contribution in [3.8, 4) is 5.75 Å². The van der Waals surface area contributed by atoms with Crippen LogP contribution in [0.4, 0.5) is 11.4 Å². The lowest BCUT2D eigenvalue weighted by atomic mass is 10.1. The third-order valence-corrected chi connectivity index (χ3v) is 6.50. The van der Waals surface area contributed by atoms with E-state index >= 15 is 0 Å². The van der Waals surface area contributed by atoms with E-state index in [0.29, 0.717) is 17.1 Å². The normalized spacial score (nSPS) is 11.1. The predicted molar refractivity (Wildman–Crippen MR) is 123 cm³/mol. The Morgan fingerprint density at radius 3 is 2.13 bits per heavy atom. The minimum Gasteiger partial charge on any atom is -0.497 e. The minimum atomic E-state index is -3.97. The number of hydrogen-bond donors (Lipinski definition) is 1. The number of nitrogens with one attached hydrogen (secondary N) is 1. The maximum Gasteiger partial charge on any atom is 0.264 e. The monoisotopic (exact) mass is 438 g/mol. The Hall–Kier alpha value is -3.32. The molecule has 0 aromatic heterocycles. The summed E-state index contributed by atoms with van der Waals surface area (Å²) in [6, 6.07) is 18.9. The second-order valence-electron chi connectivity index (χ2n) is 7.45. The van der Waals surface area contributed by atoms with Crippen LogP contribution in [-0.4, -0.2) is 28.0 Å². The van der Waals surface area contributed by atoms with Crippen LogP contribution in [0.3, 0.4) is 0 Å². The van der Waals surface area contributed by atoms with Gasteiger partial charge in [-0.2, -0.15) is 0 Å². The van der Waals surface area contributed by atoms with Crippen molar-refractivity contribution in [1.82, 2.24) is 0 Å². The molecule has 0 aliphatic carbocycles. The van der Waals surface area contributed by atoms with Crippen molar-refractivity contribution in [3.05, 3.63) is 83.4 Å². The van der Waals surface area contributed by atoms with E-state index in [0.717, 1.165) is 21.0 Å². The number of sulfonamides is 1. The number of carbonyl (C=O) groups excluding carboxylic acids is 1. The van der Waals surface area contributed by atoms with Crippen LogP contribution >= 0.6 is 0 Å². The van der Waals surface area contributed by atoms with E-state index in [1.54, 1.807) is 36.4 Å². The zero-order valence-electron chi connectivity index (χ0n) is 18.0. The van der Waals surface area contributed by atoms with Crippen LogP contribution in [0.5, 0.6) is 5.75 Å². The molecule has 0 spiro atoms. The summed E-state index contributed by atoms with van der Waals surface area (Å²) in [5.41, 5.74) is 3.84. The standard InChI is InChI=1S/C24H26N2O4S/c1-17-6-5-7-23(15-17)31(28,29)26(21-8-10-22(30-4)11-9-21)16-24(27)25-20-13-18(2)12-19(3)14-20/h5-15H,16H2,1-4H3,(H,25,27). The van der Waals surface area contributed by atoms with E-state index in [4.69, 9.17) is 4.74 Å². The first-order valence-corrected chi connectivity index (χ1v) is 11.2. The fraction of sp³-hybridized carbons (Fsp3) is 0.208. The van der Waals surface area contributed by atoms with Crippen LogP contribution in [0.15, 0.2) is 71.6 Å². The molecule has 1 amide bonds. The summed E-state index contributed by atoms with van der Waals surface area (Å²) in [7, 11) is -2.43. The Morgan fingerprint density at radius 1 is 0.903 bits per heavy atom. The molecular formula is C24H26N2O4S. The Labute approximate surface area is 183 Å². The summed E-state index contributed by atoms with van der Waals surface area (Å²) in [4.78, 5) is 13.0. The van der Waals surface area contributed by atoms with Crippen LogP contribution in [-0.2, 0) is 14.8 Å². The molecule has 0 radical (unpaired) electrons. The van der Waals surface area contributed by atoms with Crippen molar-refractivity contribution < 1.29 is 17.9 Å². The van der Waals surface area contributed by atoms with E-state index in [9.17, 15) is 13.2 Å². The maximum absolute atomic E-state index is 13.5. The molecule has 3 rings (SSSR count). The van der Waals surface area contributed by atoms with Crippen LogP contribution < -0.4 is 14.4 Å².